The summed E-state index contributed by atoms with van der Waals surface area (Å²) in [4.78, 5) is 0. The van der Waals surface area contributed by atoms with E-state index in [1.54, 1.807) is 0 Å². The lowest BCUT2D eigenvalue weighted by molar-refractivity contribution is 0.275. The second kappa shape index (κ2) is 5.18. The molecule has 3 rings (SSSR count). The molecule has 1 nitrogen and oxygen atoms in total. The molecular formula is C18H21N. The van der Waals surface area contributed by atoms with Crippen LogP contribution in [0.2, 0.25) is 0 Å². The van der Waals surface area contributed by atoms with Crippen LogP contribution in [0.3, 0.4) is 0 Å². The summed E-state index contributed by atoms with van der Waals surface area (Å²) in [6, 6.07) is 20.0. The molecule has 1 aliphatic rings. The van der Waals surface area contributed by atoms with Gasteiger partial charge in [0.25, 0.3) is 0 Å². The standard InChI is InChI=1S/C18H21N/c1-2-15-8-10-16(11-9-15)12-18(13-19-14-18)17-6-4-3-5-7-17/h3-11,19H,2,12-14H2,1H3. The fraction of sp³-hybridized carbons (Fsp3) is 0.333. The van der Waals surface area contributed by atoms with Crippen molar-refractivity contribution < 1.29 is 0 Å². The van der Waals surface area contributed by atoms with E-state index < -0.39 is 0 Å². The molecule has 1 N–H and O–H groups in total. The number of rotatable bonds is 4. The third kappa shape index (κ3) is 2.43. The molecule has 2 aromatic carbocycles. The monoisotopic (exact) mass is 251 g/mol. The van der Waals surface area contributed by atoms with Crippen LogP contribution in [0, 0.1) is 0 Å². The third-order valence-corrected chi connectivity index (χ3v) is 4.29. The zero-order valence-corrected chi connectivity index (χ0v) is 11.5. The Hall–Kier alpha value is -1.60. The highest BCUT2D eigenvalue weighted by Crippen LogP contribution is 2.32. The Labute approximate surface area is 115 Å². The van der Waals surface area contributed by atoms with Crippen LogP contribution in [0.1, 0.15) is 23.6 Å². The Kier molecular flexibility index (Phi) is 3.39. The van der Waals surface area contributed by atoms with E-state index in [1.165, 1.54) is 16.7 Å². The Morgan fingerprint density at radius 3 is 2.05 bits per heavy atom. The minimum atomic E-state index is 0.301. The first-order valence-electron chi connectivity index (χ1n) is 7.16. The molecule has 1 saturated heterocycles. The number of aryl methyl sites for hydroxylation is 1. The maximum Gasteiger partial charge on any atom is 0.0242 e. The summed E-state index contributed by atoms with van der Waals surface area (Å²) in [5.74, 6) is 0. The van der Waals surface area contributed by atoms with E-state index in [2.05, 4.69) is 66.8 Å². The van der Waals surface area contributed by atoms with Gasteiger partial charge in [-0.2, -0.15) is 0 Å². The van der Waals surface area contributed by atoms with E-state index in [1.807, 2.05) is 0 Å². The minimum absolute atomic E-state index is 0.301. The van der Waals surface area contributed by atoms with Crippen molar-refractivity contribution in [3.63, 3.8) is 0 Å². The lowest BCUT2D eigenvalue weighted by Crippen LogP contribution is -2.58. The van der Waals surface area contributed by atoms with Crippen LogP contribution in [-0.2, 0) is 18.3 Å². The van der Waals surface area contributed by atoms with Crippen molar-refractivity contribution in [2.45, 2.75) is 25.2 Å². The van der Waals surface area contributed by atoms with Crippen LogP contribution in [0.15, 0.2) is 54.6 Å². The van der Waals surface area contributed by atoms with Crippen LogP contribution in [-0.4, -0.2) is 13.1 Å². The summed E-state index contributed by atoms with van der Waals surface area (Å²) in [5, 5.41) is 3.44. The first-order valence-corrected chi connectivity index (χ1v) is 7.16. The maximum atomic E-state index is 3.44. The summed E-state index contributed by atoms with van der Waals surface area (Å²) in [6.07, 6.45) is 2.25. The number of benzene rings is 2. The summed E-state index contributed by atoms with van der Waals surface area (Å²) in [5.41, 5.74) is 4.63. The van der Waals surface area contributed by atoms with E-state index in [4.69, 9.17) is 0 Å². The molecule has 0 saturated carbocycles. The molecule has 0 bridgehead atoms. The zero-order valence-electron chi connectivity index (χ0n) is 11.5. The van der Waals surface area contributed by atoms with Crippen molar-refractivity contribution in [3.8, 4) is 0 Å². The molecule has 1 heteroatoms. The Bertz CT molecular complexity index is 523. The van der Waals surface area contributed by atoms with Crippen LogP contribution in [0.5, 0.6) is 0 Å². The molecule has 0 amide bonds. The smallest absolute Gasteiger partial charge is 0.0242 e. The van der Waals surface area contributed by atoms with Crippen LogP contribution in [0.25, 0.3) is 0 Å². The number of nitrogens with one attached hydrogen (secondary N) is 1. The molecule has 0 aromatic heterocycles. The molecule has 0 spiro atoms. The molecule has 19 heavy (non-hydrogen) atoms. The molecule has 1 aliphatic heterocycles. The van der Waals surface area contributed by atoms with E-state index in [9.17, 15) is 0 Å². The first kappa shape index (κ1) is 12.4. The molecule has 0 radical (unpaired) electrons. The molecule has 0 unspecified atom stereocenters. The number of hydrogen-bond donors (Lipinski definition) is 1. The van der Waals surface area contributed by atoms with Gasteiger partial charge >= 0.3 is 0 Å². The molecular weight excluding hydrogens is 230 g/mol. The second-order valence-electron chi connectivity index (χ2n) is 5.60. The van der Waals surface area contributed by atoms with E-state index in [0.29, 0.717) is 5.41 Å². The van der Waals surface area contributed by atoms with E-state index in [0.717, 1.165) is 25.9 Å². The van der Waals surface area contributed by atoms with Gasteiger partial charge in [-0.1, -0.05) is 61.5 Å². The normalized spacial score (nSPS) is 16.9. The third-order valence-electron chi connectivity index (χ3n) is 4.29. The molecule has 1 heterocycles. The van der Waals surface area contributed by atoms with Crippen LogP contribution < -0.4 is 5.32 Å². The van der Waals surface area contributed by atoms with Gasteiger partial charge in [-0.3, -0.25) is 0 Å². The fourth-order valence-electron chi connectivity index (χ4n) is 2.93. The number of hydrogen-bond acceptors (Lipinski definition) is 1. The molecule has 98 valence electrons. The van der Waals surface area contributed by atoms with Crippen molar-refractivity contribution >= 4 is 0 Å². The van der Waals surface area contributed by atoms with Crippen molar-refractivity contribution in [1.29, 1.82) is 0 Å². The van der Waals surface area contributed by atoms with Crippen molar-refractivity contribution in [2.24, 2.45) is 0 Å². The Morgan fingerprint density at radius 1 is 0.895 bits per heavy atom. The average molecular weight is 251 g/mol. The Balaban J connectivity index is 1.83. The first-order chi connectivity index (χ1) is 9.32. The SMILES string of the molecule is CCc1ccc(CC2(c3ccccc3)CNC2)cc1. The molecule has 0 aliphatic carbocycles. The van der Waals surface area contributed by atoms with Crippen molar-refractivity contribution in [1.82, 2.24) is 5.32 Å². The van der Waals surface area contributed by atoms with Gasteiger partial charge in [-0.05, 0) is 29.5 Å². The van der Waals surface area contributed by atoms with Gasteiger partial charge in [0, 0.05) is 18.5 Å². The van der Waals surface area contributed by atoms with Gasteiger partial charge in [-0.15, -0.1) is 0 Å². The average Bonchev–Trinajstić information content (AvgIpc) is 2.44. The largest absolute Gasteiger partial charge is 0.315 e. The van der Waals surface area contributed by atoms with Gasteiger partial charge in [0.1, 0.15) is 0 Å². The van der Waals surface area contributed by atoms with Gasteiger partial charge < -0.3 is 5.32 Å². The van der Waals surface area contributed by atoms with E-state index >= 15 is 0 Å². The highest BCUT2D eigenvalue weighted by Gasteiger charge is 2.38. The lowest BCUT2D eigenvalue weighted by Gasteiger charge is -2.43. The van der Waals surface area contributed by atoms with Crippen molar-refractivity contribution in [3.05, 3.63) is 71.3 Å². The molecule has 1 fully saturated rings. The predicted octanol–water partition coefficient (Wildman–Crippen LogP) is 3.33. The summed E-state index contributed by atoms with van der Waals surface area (Å²) in [7, 11) is 0. The quantitative estimate of drug-likeness (QED) is 0.879. The second-order valence-corrected chi connectivity index (χ2v) is 5.60. The topological polar surface area (TPSA) is 12.0 Å². The highest BCUT2D eigenvalue weighted by molar-refractivity contribution is 5.34. The van der Waals surface area contributed by atoms with E-state index in [-0.39, 0.29) is 0 Å². The summed E-state index contributed by atoms with van der Waals surface area (Å²) < 4.78 is 0. The Morgan fingerprint density at radius 2 is 1.53 bits per heavy atom. The fourth-order valence-corrected chi connectivity index (χ4v) is 2.93. The van der Waals surface area contributed by atoms with Crippen molar-refractivity contribution in [2.75, 3.05) is 13.1 Å². The molecule has 2 aromatic rings. The summed E-state index contributed by atoms with van der Waals surface area (Å²) >= 11 is 0. The lowest BCUT2D eigenvalue weighted by atomic mass is 9.71. The van der Waals surface area contributed by atoms with Gasteiger partial charge in [0.05, 0.1) is 0 Å². The molecule has 0 atom stereocenters. The van der Waals surface area contributed by atoms with Crippen LogP contribution in [0.4, 0.5) is 0 Å². The van der Waals surface area contributed by atoms with Crippen LogP contribution >= 0.6 is 0 Å². The van der Waals surface area contributed by atoms with Gasteiger partial charge in [-0.25, -0.2) is 0 Å². The zero-order chi connectivity index (χ0) is 13.1. The van der Waals surface area contributed by atoms with Gasteiger partial charge in [0.15, 0.2) is 0 Å². The van der Waals surface area contributed by atoms with Gasteiger partial charge in [0.2, 0.25) is 0 Å². The predicted molar refractivity (Wildman–Crippen MR) is 80.5 cm³/mol. The summed E-state index contributed by atoms with van der Waals surface area (Å²) in [6.45, 7) is 4.38. The maximum absolute atomic E-state index is 3.44. The minimum Gasteiger partial charge on any atom is -0.315 e. The highest BCUT2D eigenvalue weighted by atomic mass is 15.0.